The van der Waals surface area contributed by atoms with E-state index in [1.807, 2.05) is 30.3 Å². The summed E-state index contributed by atoms with van der Waals surface area (Å²) in [6.07, 6.45) is -0.0312. The molecule has 0 saturated heterocycles. The van der Waals surface area contributed by atoms with E-state index in [1.165, 1.54) is 0 Å². The highest BCUT2D eigenvalue weighted by atomic mass is 35.5. The van der Waals surface area contributed by atoms with Crippen LogP contribution in [0.2, 0.25) is 10.0 Å². The molecule has 0 radical (unpaired) electrons. The lowest BCUT2D eigenvalue weighted by Gasteiger charge is -2.14. The summed E-state index contributed by atoms with van der Waals surface area (Å²) in [5, 5.41) is 20.4. The molecule has 0 heterocycles. The molecular formula is C21H18Cl2O3. The van der Waals surface area contributed by atoms with E-state index in [4.69, 9.17) is 27.9 Å². The Labute approximate surface area is 162 Å². The van der Waals surface area contributed by atoms with Crippen LogP contribution in [-0.4, -0.2) is 16.3 Å². The van der Waals surface area contributed by atoms with Crippen molar-refractivity contribution in [2.24, 2.45) is 0 Å². The number of benzene rings is 3. The normalized spacial score (nSPS) is 12.0. The lowest BCUT2D eigenvalue weighted by molar-refractivity contribution is 0.195. The lowest BCUT2D eigenvalue weighted by Crippen LogP contribution is -2.04. The molecule has 0 amide bonds. The second kappa shape index (κ2) is 8.00. The number of halogens is 2. The number of aliphatic hydroxyl groups excluding tert-OH is 1. The predicted molar refractivity (Wildman–Crippen MR) is 105 cm³/mol. The second-order valence-corrected chi connectivity index (χ2v) is 6.90. The molecule has 134 valence electrons. The third-order valence-electron chi connectivity index (χ3n) is 3.86. The maximum Gasteiger partial charge on any atom is 0.164 e. The maximum atomic E-state index is 10.2. The van der Waals surface area contributed by atoms with E-state index in [0.29, 0.717) is 33.5 Å². The molecule has 0 aliphatic rings. The van der Waals surface area contributed by atoms with Gasteiger partial charge in [-0.2, -0.15) is 0 Å². The third-order valence-corrected chi connectivity index (χ3v) is 4.42. The minimum Gasteiger partial charge on any atom is -0.507 e. The van der Waals surface area contributed by atoms with Crippen molar-refractivity contribution in [1.29, 1.82) is 0 Å². The summed E-state index contributed by atoms with van der Waals surface area (Å²) in [5.41, 5.74) is 2.36. The van der Waals surface area contributed by atoms with Gasteiger partial charge in [0.1, 0.15) is 11.5 Å². The summed E-state index contributed by atoms with van der Waals surface area (Å²) in [7, 11) is 0. The van der Waals surface area contributed by atoms with Gasteiger partial charge in [-0.25, -0.2) is 0 Å². The first-order valence-corrected chi connectivity index (χ1v) is 8.92. The van der Waals surface area contributed by atoms with Crippen LogP contribution in [0.5, 0.6) is 17.2 Å². The van der Waals surface area contributed by atoms with E-state index in [9.17, 15) is 10.2 Å². The Hall–Kier alpha value is -2.20. The Bertz CT molecular complexity index is 885. The predicted octanol–water partition coefficient (Wildman–Crippen LogP) is 6.08. The average Bonchev–Trinajstić information content (AvgIpc) is 2.59. The number of ether oxygens (including phenoxy) is 1. The van der Waals surface area contributed by atoms with Crippen molar-refractivity contribution in [1.82, 2.24) is 0 Å². The Balaban J connectivity index is 1.92. The molecule has 0 saturated carbocycles. The van der Waals surface area contributed by atoms with Crippen LogP contribution in [0, 0.1) is 0 Å². The summed E-state index contributed by atoms with van der Waals surface area (Å²) in [6, 6.07) is 17.9. The van der Waals surface area contributed by atoms with Crippen LogP contribution in [0.15, 0.2) is 60.7 Å². The van der Waals surface area contributed by atoms with Gasteiger partial charge in [0, 0.05) is 5.56 Å². The van der Waals surface area contributed by atoms with Crippen molar-refractivity contribution in [3.8, 4) is 28.4 Å². The molecule has 1 atom stereocenters. The molecule has 0 aromatic heterocycles. The molecule has 3 rings (SSSR count). The zero-order valence-electron chi connectivity index (χ0n) is 14.1. The number of hydrogen-bond acceptors (Lipinski definition) is 3. The van der Waals surface area contributed by atoms with Gasteiger partial charge >= 0.3 is 0 Å². The Morgan fingerprint density at radius 3 is 2.23 bits per heavy atom. The quantitative estimate of drug-likeness (QED) is 0.556. The highest BCUT2D eigenvalue weighted by molar-refractivity contribution is 6.37. The van der Waals surface area contributed by atoms with Crippen molar-refractivity contribution in [2.45, 2.75) is 19.4 Å². The van der Waals surface area contributed by atoms with Gasteiger partial charge in [-0.15, -0.1) is 0 Å². The van der Waals surface area contributed by atoms with Crippen molar-refractivity contribution >= 4 is 23.2 Å². The molecule has 1 unspecified atom stereocenters. The number of aliphatic hydroxyl groups is 1. The summed E-state index contributed by atoms with van der Waals surface area (Å²) < 4.78 is 5.88. The van der Waals surface area contributed by atoms with E-state index in [1.54, 1.807) is 37.3 Å². The fourth-order valence-electron chi connectivity index (χ4n) is 2.71. The van der Waals surface area contributed by atoms with E-state index >= 15 is 0 Å². The number of phenols is 1. The van der Waals surface area contributed by atoms with Crippen LogP contribution < -0.4 is 4.74 Å². The van der Waals surface area contributed by atoms with Gasteiger partial charge < -0.3 is 14.9 Å². The van der Waals surface area contributed by atoms with E-state index < -0.39 is 6.10 Å². The fraction of sp³-hybridized carbons (Fsp3) is 0.143. The molecule has 2 N–H and O–H groups in total. The third kappa shape index (κ3) is 4.31. The molecule has 3 aromatic carbocycles. The molecule has 0 fully saturated rings. The van der Waals surface area contributed by atoms with Crippen LogP contribution in [0.1, 0.15) is 12.5 Å². The van der Waals surface area contributed by atoms with E-state index in [-0.39, 0.29) is 5.75 Å². The Morgan fingerprint density at radius 1 is 0.962 bits per heavy atom. The van der Waals surface area contributed by atoms with Crippen LogP contribution in [0.3, 0.4) is 0 Å². The molecule has 0 aliphatic carbocycles. The van der Waals surface area contributed by atoms with Crippen LogP contribution in [-0.2, 0) is 6.42 Å². The van der Waals surface area contributed by atoms with Gasteiger partial charge in [0.2, 0.25) is 0 Å². The molecule has 0 aliphatic heterocycles. The van der Waals surface area contributed by atoms with Crippen molar-refractivity contribution < 1.29 is 14.9 Å². The topological polar surface area (TPSA) is 49.7 Å². The molecular weight excluding hydrogens is 371 g/mol. The number of rotatable bonds is 5. The SMILES string of the molecule is CC(O)Cc1cc(Cl)c(Oc2ccc(O)c(-c3ccccc3)c2)c(Cl)c1. The number of hydrogen-bond donors (Lipinski definition) is 2. The zero-order valence-corrected chi connectivity index (χ0v) is 15.6. The van der Waals surface area contributed by atoms with Crippen molar-refractivity contribution in [2.75, 3.05) is 0 Å². The molecule has 26 heavy (non-hydrogen) atoms. The molecule has 5 heteroatoms. The van der Waals surface area contributed by atoms with Gasteiger partial charge in [-0.1, -0.05) is 53.5 Å². The first-order chi connectivity index (χ1) is 12.4. The molecule has 3 aromatic rings. The summed E-state index contributed by atoms with van der Waals surface area (Å²) in [5.74, 6) is 1.01. The largest absolute Gasteiger partial charge is 0.507 e. The smallest absolute Gasteiger partial charge is 0.164 e. The van der Waals surface area contributed by atoms with Crippen LogP contribution in [0.25, 0.3) is 11.1 Å². The minimum atomic E-state index is -0.487. The maximum absolute atomic E-state index is 10.2. The first kappa shape index (κ1) is 18.6. The van der Waals surface area contributed by atoms with E-state index in [0.717, 1.165) is 11.1 Å². The van der Waals surface area contributed by atoms with Crippen molar-refractivity contribution in [3.63, 3.8) is 0 Å². The number of phenolic OH excluding ortho intramolecular Hbond substituents is 1. The highest BCUT2D eigenvalue weighted by Crippen LogP contribution is 2.40. The lowest BCUT2D eigenvalue weighted by atomic mass is 10.0. The Morgan fingerprint density at radius 2 is 1.62 bits per heavy atom. The minimum absolute atomic E-state index is 0.160. The van der Waals surface area contributed by atoms with E-state index in [2.05, 4.69) is 0 Å². The average molecular weight is 389 g/mol. The second-order valence-electron chi connectivity index (χ2n) is 6.09. The fourth-order valence-corrected chi connectivity index (χ4v) is 3.32. The summed E-state index contributed by atoms with van der Waals surface area (Å²) in [6.45, 7) is 1.70. The van der Waals surface area contributed by atoms with Gasteiger partial charge in [0.15, 0.2) is 5.75 Å². The summed E-state index contributed by atoms with van der Waals surface area (Å²) >= 11 is 12.6. The molecule has 0 spiro atoms. The first-order valence-electron chi connectivity index (χ1n) is 8.16. The summed E-state index contributed by atoms with van der Waals surface area (Å²) in [4.78, 5) is 0. The van der Waals surface area contributed by atoms with Gasteiger partial charge in [-0.3, -0.25) is 0 Å². The van der Waals surface area contributed by atoms with Gasteiger partial charge in [0.25, 0.3) is 0 Å². The van der Waals surface area contributed by atoms with Gasteiger partial charge in [-0.05, 0) is 54.8 Å². The van der Waals surface area contributed by atoms with Crippen LogP contribution >= 0.6 is 23.2 Å². The molecule has 3 nitrogen and oxygen atoms in total. The standard InChI is InChI=1S/C21H18Cl2O3/c1-13(24)9-14-10-18(22)21(19(23)11-14)26-16-7-8-20(25)17(12-16)15-5-3-2-4-6-15/h2-8,10-13,24-25H,9H2,1H3. The van der Waals surface area contributed by atoms with Gasteiger partial charge in [0.05, 0.1) is 16.1 Å². The van der Waals surface area contributed by atoms with Crippen molar-refractivity contribution in [3.05, 3.63) is 76.3 Å². The molecule has 0 bridgehead atoms. The Kier molecular flexibility index (Phi) is 5.72. The monoisotopic (exact) mass is 388 g/mol. The highest BCUT2D eigenvalue weighted by Gasteiger charge is 2.13. The van der Waals surface area contributed by atoms with Crippen LogP contribution in [0.4, 0.5) is 0 Å². The number of aromatic hydroxyl groups is 1. The zero-order chi connectivity index (χ0) is 18.7.